The van der Waals surface area contributed by atoms with Crippen molar-refractivity contribution in [3.8, 4) is 0 Å². The van der Waals surface area contributed by atoms with Gasteiger partial charge >= 0.3 is 5.97 Å². The van der Waals surface area contributed by atoms with Gasteiger partial charge in [0, 0.05) is 13.0 Å². The molecule has 0 spiro atoms. The molecule has 0 amide bonds. The highest BCUT2D eigenvalue weighted by Gasteiger charge is 2.19. The van der Waals surface area contributed by atoms with Crippen molar-refractivity contribution >= 4 is 5.97 Å². The molecule has 1 aliphatic rings. The van der Waals surface area contributed by atoms with Crippen molar-refractivity contribution in [1.82, 2.24) is 0 Å². The molecule has 1 heterocycles. The highest BCUT2D eigenvalue weighted by molar-refractivity contribution is 5.69. The van der Waals surface area contributed by atoms with Gasteiger partial charge in [0.25, 0.3) is 0 Å². The highest BCUT2D eigenvalue weighted by atomic mass is 16.6. The Bertz CT molecular complexity index is 225. The van der Waals surface area contributed by atoms with Gasteiger partial charge in [0.05, 0.1) is 6.10 Å². The van der Waals surface area contributed by atoms with Crippen LogP contribution in [0.3, 0.4) is 0 Å². The van der Waals surface area contributed by atoms with E-state index in [0.717, 1.165) is 25.9 Å². The number of rotatable bonds is 7. The predicted molar refractivity (Wildman–Crippen MR) is 66.5 cm³/mol. The first-order valence-electron chi connectivity index (χ1n) is 6.59. The summed E-state index contributed by atoms with van der Waals surface area (Å²) in [6, 6.07) is 0. The lowest BCUT2D eigenvalue weighted by molar-refractivity contribution is -0.148. The summed E-state index contributed by atoms with van der Waals surface area (Å²) in [6.07, 6.45) is 3.59. The average Bonchev–Trinajstić information content (AvgIpc) is 2.77. The molecule has 0 radical (unpaired) electrons. The first-order valence-corrected chi connectivity index (χ1v) is 6.59. The predicted octanol–water partition coefficient (Wildman–Crippen LogP) is 1.72. The zero-order valence-electron chi connectivity index (χ0n) is 11.0. The van der Waals surface area contributed by atoms with Gasteiger partial charge in [-0.1, -0.05) is 13.8 Å². The van der Waals surface area contributed by atoms with Crippen molar-refractivity contribution in [2.45, 2.75) is 45.6 Å². The first-order chi connectivity index (χ1) is 8.11. The minimum absolute atomic E-state index is 0.111. The minimum Gasteiger partial charge on any atom is -0.463 e. The van der Waals surface area contributed by atoms with Crippen LogP contribution in [0, 0.1) is 11.8 Å². The zero-order valence-corrected chi connectivity index (χ0v) is 11.0. The molecular weight excluding hydrogens is 218 g/mol. The van der Waals surface area contributed by atoms with Gasteiger partial charge in [-0.05, 0) is 37.6 Å². The van der Waals surface area contributed by atoms with E-state index >= 15 is 0 Å². The van der Waals surface area contributed by atoms with E-state index in [4.69, 9.17) is 15.2 Å². The fourth-order valence-electron chi connectivity index (χ4n) is 2.19. The second-order valence-electron chi connectivity index (χ2n) is 5.25. The van der Waals surface area contributed by atoms with Crippen LogP contribution >= 0.6 is 0 Å². The normalized spacial score (nSPS) is 21.8. The number of nitrogens with two attached hydrogens (primary N) is 1. The number of ether oxygens (including phenoxy) is 2. The molecule has 1 fully saturated rings. The number of carbonyl (C=O) groups is 1. The molecule has 100 valence electrons. The van der Waals surface area contributed by atoms with Crippen LogP contribution in [0.4, 0.5) is 0 Å². The first kappa shape index (κ1) is 14.5. The third-order valence-electron chi connectivity index (χ3n) is 3.05. The lowest BCUT2D eigenvalue weighted by Gasteiger charge is -2.17. The summed E-state index contributed by atoms with van der Waals surface area (Å²) in [6.45, 7) is 6.02. The molecule has 0 bridgehead atoms. The molecule has 0 aromatic rings. The fourth-order valence-corrected chi connectivity index (χ4v) is 2.19. The van der Waals surface area contributed by atoms with Gasteiger partial charge in [0.1, 0.15) is 6.61 Å². The molecule has 2 atom stereocenters. The van der Waals surface area contributed by atoms with E-state index < -0.39 is 0 Å². The summed E-state index contributed by atoms with van der Waals surface area (Å²) in [5, 5.41) is 0. The maximum absolute atomic E-state index is 11.6. The Morgan fingerprint density at radius 2 is 2.29 bits per heavy atom. The standard InChI is InChI=1S/C13H25NO3/c1-10(2)6-11(8-14)7-13(15)17-9-12-4-3-5-16-12/h10-12H,3-9,14H2,1-2H3. The third-order valence-corrected chi connectivity index (χ3v) is 3.05. The van der Waals surface area contributed by atoms with Crippen LogP contribution < -0.4 is 5.73 Å². The Balaban J connectivity index is 2.17. The molecule has 1 aliphatic heterocycles. The van der Waals surface area contributed by atoms with Crippen molar-refractivity contribution in [3.05, 3.63) is 0 Å². The number of carbonyl (C=O) groups excluding carboxylic acids is 1. The maximum Gasteiger partial charge on any atom is 0.306 e. The Labute approximate surface area is 104 Å². The smallest absolute Gasteiger partial charge is 0.306 e. The van der Waals surface area contributed by atoms with Gasteiger partial charge < -0.3 is 15.2 Å². The molecule has 0 aliphatic carbocycles. The zero-order chi connectivity index (χ0) is 12.7. The highest BCUT2D eigenvalue weighted by Crippen LogP contribution is 2.16. The van der Waals surface area contributed by atoms with Crippen molar-refractivity contribution in [2.24, 2.45) is 17.6 Å². The van der Waals surface area contributed by atoms with Crippen molar-refractivity contribution in [2.75, 3.05) is 19.8 Å². The van der Waals surface area contributed by atoms with Crippen molar-refractivity contribution in [1.29, 1.82) is 0 Å². The summed E-state index contributed by atoms with van der Waals surface area (Å²) >= 11 is 0. The lowest BCUT2D eigenvalue weighted by atomic mass is 9.94. The van der Waals surface area contributed by atoms with Crippen molar-refractivity contribution < 1.29 is 14.3 Å². The van der Waals surface area contributed by atoms with E-state index in [0.29, 0.717) is 25.5 Å². The quantitative estimate of drug-likeness (QED) is 0.692. The number of hydrogen-bond donors (Lipinski definition) is 1. The fraction of sp³-hybridized carbons (Fsp3) is 0.923. The van der Waals surface area contributed by atoms with Crippen LogP contribution in [-0.4, -0.2) is 31.8 Å². The van der Waals surface area contributed by atoms with Gasteiger partial charge in [0.15, 0.2) is 0 Å². The Morgan fingerprint density at radius 3 is 2.82 bits per heavy atom. The monoisotopic (exact) mass is 243 g/mol. The summed E-state index contributed by atoms with van der Waals surface area (Å²) < 4.78 is 10.6. The SMILES string of the molecule is CC(C)CC(CN)CC(=O)OCC1CCCO1. The lowest BCUT2D eigenvalue weighted by Crippen LogP contribution is -2.23. The van der Waals surface area contributed by atoms with Crippen LogP contribution in [0.5, 0.6) is 0 Å². The molecule has 1 rings (SSSR count). The second-order valence-corrected chi connectivity index (χ2v) is 5.25. The van der Waals surface area contributed by atoms with E-state index in [1.807, 2.05) is 0 Å². The maximum atomic E-state index is 11.6. The topological polar surface area (TPSA) is 61.6 Å². The van der Waals surface area contributed by atoms with E-state index in [1.54, 1.807) is 0 Å². The number of esters is 1. The number of hydrogen-bond acceptors (Lipinski definition) is 4. The van der Waals surface area contributed by atoms with E-state index in [-0.39, 0.29) is 18.0 Å². The van der Waals surface area contributed by atoms with Gasteiger partial charge in [0.2, 0.25) is 0 Å². The van der Waals surface area contributed by atoms with Crippen LogP contribution in [0.25, 0.3) is 0 Å². The summed E-state index contributed by atoms with van der Waals surface area (Å²) in [7, 11) is 0. The largest absolute Gasteiger partial charge is 0.463 e. The van der Waals surface area contributed by atoms with Gasteiger partial charge in [-0.3, -0.25) is 4.79 Å². The van der Waals surface area contributed by atoms with Crippen molar-refractivity contribution in [3.63, 3.8) is 0 Å². The van der Waals surface area contributed by atoms with E-state index in [1.165, 1.54) is 0 Å². The molecule has 0 saturated carbocycles. The van der Waals surface area contributed by atoms with Crippen LogP contribution in [0.15, 0.2) is 0 Å². The molecule has 2 N–H and O–H groups in total. The Hall–Kier alpha value is -0.610. The molecule has 1 saturated heterocycles. The second kappa shape index (κ2) is 7.67. The van der Waals surface area contributed by atoms with Gasteiger partial charge in [-0.15, -0.1) is 0 Å². The third kappa shape index (κ3) is 6.03. The van der Waals surface area contributed by atoms with E-state index in [9.17, 15) is 4.79 Å². The molecule has 17 heavy (non-hydrogen) atoms. The molecule has 0 aromatic heterocycles. The minimum atomic E-state index is -0.142. The molecule has 0 aromatic carbocycles. The molecule has 4 nitrogen and oxygen atoms in total. The summed E-state index contributed by atoms with van der Waals surface area (Å²) in [4.78, 5) is 11.6. The molecular formula is C13H25NO3. The van der Waals surface area contributed by atoms with E-state index in [2.05, 4.69) is 13.8 Å². The summed E-state index contributed by atoms with van der Waals surface area (Å²) in [5.41, 5.74) is 5.66. The molecule has 2 unspecified atom stereocenters. The van der Waals surface area contributed by atoms with Crippen LogP contribution in [0.2, 0.25) is 0 Å². The average molecular weight is 243 g/mol. The Morgan fingerprint density at radius 1 is 1.53 bits per heavy atom. The van der Waals surface area contributed by atoms with Gasteiger partial charge in [-0.25, -0.2) is 0 Å². The summed E-state index contributed by atoms with van der Waals surface area (Å²) in [5.74, 6) is 0.665. The van der Waals surface area contributed by atoms with Crippen LogP contribution in [0.1, 0.15) is 39.5 Å². The van der Waals surface area contributed by atoms with Gasteiger partial charge in [-0.2, -0.15) is 0 Å². The molecule has 4 heteroatoms. The van der Waals surface area contributed by atoms with Crippen LogP contribution in [-0.2, 0) is 14.3 Å². The Kier molecular flexibility index (Phi) is 6.52.